The van der Waals surface area contributed by atoms with Crippen LogP contribution in [-0.2, 0) is 23.0 Å². The number of hydrogen-bond donors (Lipinski definition) is 3. The Morgan fingerprint density at radius 3 is 2.46 bits per heavy atom. The number of rotatable bonds is 7. The van der Waals surface area contributed by atoms with Crippen molar-refractivity contribution in [2.45, 2.75) is 19.9 Å². The van der Waals surface area contributed by atoms with Crippen LogP contribution in [0.1, 0.15) is 16.7 Å². The molecule has 6 nitrogen and oxygen atoms in total. The fourth-order valence-corrected chi connectivity index (χ4v) is 3.23. The Morgan fingerprint density at radius 1 is 1.11 bits per heavy atom. The van der Waals surface area contributed by atoms with E-state index in [1.165, 1.54) is 12.1 Å². The molecule has 0 bridgehead atoms. The number of anilines is 1. The highest BCUT2D eigenvalue weighted by atomic mass is 127. The molecule has 0 aliphatic carbocycles. The number of aliphatic imine (C=N–C) groups is 1. The molecule has 9 heteroatoms. The Bertz CT molecular complexity index is 920. The molecule has 0 atom stereocenters. The summed E-state index contributed by atoms with van der Waals surface area (Å²) in [5, 5.41) is 6.37. The van der Waals surface area contributed by atoms with Crippen LogP contribution in [0.25, 0.3) is 0 Å². The van der Waals surface area contributed by atoms with Gasteiger partial charge in [0.15, 0.2) is 5.96 Å². The fourth-order valence-electron chi connectivity index (χ4n) is 2.63. The van der Waals surface area contributed by atoms with E-state index >= 15 is 0 Å². The van der Waals surface area contributed by atoms with Crippen molar-refractivity contribution >= 4 is 45.6 Å². The highest BCUT2D eigenvalue weighted by Gasteiger charge is 2.08. The number of aryl methyl sites for hydroxylation is 1. The molecule has 0 fully saturated rings. The summed E-state index contributed by atoms with van der Waals surface area (Å²) in [5.41, 5.74) is 3.33. The standard InChI is InChI=1S/C19H25FN4O2S.HI/c1-14-12-17(20)9-8-15(14)10-11-22-19(21-2)23-13-16-6-4-5-7-18(16)24-27(3,25)26;/h4-9,12,24H,10-11,13H2,1-3H3,(H2,21,22,23);1H. The molecule has 0 radical (unpaired) electrons. The van der Waals surface area contributed by atoms with Gasteiger partial charge in [0.1, 0.15) is 5.82 Å². The van der Waals surface area contributed by atoms with E-state index in [9.17, 15) is 12.8 Å². The summed E-state index contributed by atoms with van der Waals surface area (Å²) in [6.45, 7) is 2.93. The third kappa shape index (κ3) is 8.01. The van der Waals surface area contributed by atoms with E-state index in [0.717, 1.165) is 29.4 Å². The molecule has 3 N–H and O–H groups in total. The van der Waals surface area contributed by atoms with Crippen LogP contribution < -0.4 is 15.4 Å². The van der Waals surface area contributed by atoms with E-state index in [4.69, 9.17) is 0 Å². The lowest BCUT2D eigenvalue weighted by Gasteiger charge is -2.15. The highest BCUT2D eigenvalue weighted by Crippen LogP contribution is 2.16. The van der Waals surface area contributed by atoms with Gasteiger partial charge in [0.05, 0.1) is 11.9 Å². The van der Waals surface area contributed by atoms with E-state index in [-0.39, 0.29) is 29.8 Å². The summed E-state index contributed by atoms with van der Waals surface area (Å²) >= 11 is 0. The summed E-state index contributed by atoms with van der Waals surface area (Å²) in [4.78, 5) is 4.17. The van der Waals surface area contributed by atoms with Crippen molar-refractivity contribution in [1.82, 2.24) is 10.6 Å². The molecule has 0 aliphatic rings. The van der Waals surface area contributed by atoms with Gasteiger partial charge in [0.25, 0.3) is 0 Å². The van der Waals surface area contributed by atoms with Crippen LogP contribution in [-0.4, -0.2) is 34.2 Å². The first-order chi connectivity index (χ1) is 12.8. The largest absolute Gasteiger partial charge is 0.356 e. The second-order valence-corrected chi connectivity index (χ2v) is 7.95. The van der Waals surface area contributed by atoms with E-state index in [1.807, 2.05) is 19.1 Å². The molecule has 2 aromatic carbocycles. The van der Waals surface area contributed by atoms with Gasteiger partial charge in [-0.25, -0.2) is 12.8 Å². The molecule has 2 aromatic rings. The topological polar surface area (TPSA) is 82.6 Å². The number of hydrogen-bond acceptors (Lipinski definition) is 3. The van der Waals surface area contributed by atoms with Crippen molar-refractivity contribution in [3.63, 3.8) is 0 Å². The Kier molecular flexibility index (Phi) is 9.66. The molecule has 0 heterocycles. The maximum atomic E-state index is 13.2. The summed E-state index contributed by atoms with van der Waals surface area (Å²) in [7, 11) is -1.68. The minimum absolute atomic E-state index is 0. The molecule has 2 rings (SSSR count). The Morgan fingerprint density at radius 2 is 1.82 bits per heavy atom. The number of nitrogens with one attached hydrogen (secondary N) is 3. The van der Waals surface area contributed by atoms with E-state index in [1.54, 1.807) is 25.2 Å². The predicted octanol–water partition coefficient (Wildman–Crippen LogP) is 3.03. The second-order valence-electron chi connectivity index (χ2n) is 6.20. The number of sulfonamides is 1. The molecular formula is C19H26FIN4O2S. The lowest BCUT2D eigenvalue weighted by molar-refractivity contribution is 0.606. The number of guanidine groups is 1. The number of halogens is 2. The van der Waals surface area contributed by atoms with Crippen LogP contribution in [0.3, 0.4) is 0 Å². The van der Waals surface area contributed by atoms with Crippen LogP contribution in [0, 0.1) is 12.7 Å². The van der Waals surface area contributed by atoms with Gasteiger partial charge < -0.3 is 10.6 Å². The quantitative estimate of drug-likeness (QED) is 0.298. The van der Waals surface area contributed by atoms with E-state index in [2.05, 4.69) is 20.3 Å². The Balaban J connectivity index is 0.00000392. The average molecular weight is 520 g/mol. The average Bonchev–Trinajstić information content (AvgIpc) is 2.59. The van der Waals surface area contributed by atoms with Gasteiger partial charge in [-0.3, -0.25) is 9.71 Å². The summed E-state index contributed by atoms with van der Waals surface area (Å²) in [6, 6.07) is 11.9. The lowest BCUT2D eigenvalue weighted by atomic mass is 10.1. The molecule has 0 aliphatic heterocycles. The van der Waals surface area contributed by atoms with E-state index in [0.29, 0.717) is 24.7 Å². The molecule has 0 unspecified atom stereocenters. The van der Waals surface area contributed by atoms with E-state index < -0.39 is 10.0 Å². The van der Waals surface area contributed by atoms with Crippen molar-refractivity contribution in [3.05, 3.63) is 65.0 Å². The molecule has 0 spiro atoms. The first-order valence-corrected chi connectivity index (χ1v) is 10.4. The zero-order chi connectivity index (χ0) is 19.9. The minimum Gasteiger partial charge on any atom is -0.356 e. The SMILES string of the molecule is CN=C(NCCc1ccc(F)cc1C)NCc1ccccc1NS(C)(=O)=O.I. The van der Waals surface area contributed by atoms with Crippen molar-refractivity contribution in [2.75, 3.05) is 24.6 Å². The summed E-state index contributed by atoms with van der Waals surface area (Å²) in [6.07, 6.45) is 1.86. The van der Waals surface area contributed by atoms with Gasteiger partial charge in [-0.15, -0.1) is 24.0 Å². The maximum Gasteiger partial charge on any atom is 0.229 e. The van der Waals surface area contributed by atoms with Gasteiger partial charge in [0.2, 0.25) is 10.0 Å². The van der Waals surface area contributed by atoms with Gasteiger partial charge >= 0.3 is 0 Å². The molecule has 28 heavy (non-hydrogen) atoms. The van der Waals surface area contributed by atoms with Crippen LogP contribution >= 0.6 is 24.0 Å². The van der Waals surface area contributed by atoms with Crippen molar-refractivity contribution in [2.24, 2.45) is 4.99 Å². The number of para-hydroxylation sites is 1. The fraction of sp³-hybridized carbons (Fsp3) is 0.316. The van der Waals surface area contributed by atoms with Gasteiger partial charge in [0, 0.05) is 20.1 Å². The van der Waals surface area contributed by atoms with Crippen LogP contribution in [0.2, 0.25) is 0 Å². The molecule has 0 saturated carbocycles. The van der Waals surface area contributed by atoms with Crippen molar-refractivity contribution < 1.29 is 12.8 Å². The Hall–Kier alpha value is -1.88. The first-order valence-electron chi connectivity index (χ1n) is 8.54. The number of nitrogens with zero attached hydrogens (tertiary/aromatic N) is 1. The van der Waals surface area contributed by atoms with Crippen molar-refractivity contribution in [3.8, 4) is 0 Å². The van der Waals surface area contributed by atoms with Gasteiger partial charge in [-0.05, 0) is 48.2 Å². The number of benzene rings is 2. The zero-order valence-electron chi connectivity index (χ0n) is 16.1. The molecule has 0 saturated heterocycles. The minimum atomic E-state index is -3.35. The second kappa shape index (κ2) is 11.2. The highest BCUT2D eigenvalue weighted by molar-refractivity contribution is 14.0. The zero-order valence-corrected chi connectivity index (χ0v) is 19.3. The Labute approximate surface area is 183 Å². The molecule has 0 amide bonds. The predicted molar refractivity (Wildman–Crippen MR) is 123 cm³/mol. The first kappa shape index (κ1) is 24.2. The third-order valence-corrected chi connectivity index (χ3v) is 4.56. The van der Waals surface area contributed by atoms with Crippen LogP contribution in [0.5, 0.6) is 0 Å². The summed E-state index contributed by atoms with van der Waals surface area (Å²) in [5.74, 6) is 0.368. The summed E-state index contributed by atoms with van der Waals surface area (Å²) < 4.78 is 38.6. The van der Waals surface area contributed by atoms with Crippen LogP contribution in [0.4, 0.5) is 10.1 Å². The lowest BCUT2D eigenvalue weighted by Crippen LogP contribution is -2.38. The van der Waals surface area contributed by atoms with Gasteiger partial charge in [-0.1, -0.05) is 24.3 Å². The smallest absolute Gasteiger partial charge is 0.229 e. The molecular weight excluding hydrogens is 494 g/mol. The van der Waals surface area contributed by atoms with Crippen molar-refractivity contribution in [1.29, 1.82) is 0 Å². The normalized spacial score (nSPS) is 11.5. The monoisotopic (exact) mass is 520 g/mol. The van der Waals surface area contributed by atoms with Crippen LogP contribution in [0.15, 0.2) is 47.5 Å². The maximum absolute atomic E-state index is 13.2. The van der Waals surface area contributed by atoms with Gasteiger partial charge in [-0.2, -0.15) is 0 Å². The third-order valence-electron chi connectivity index (χ3n) is 3.97. The molecule has 154 valence electrons. The molecule has 0 aromatic heterocycles.